The number of aromatic nitrogens is 3. The van der Waals surface area contributed by atoms with Crippen LogP contribution in [0.1, 0.15) is 17.4 Å². The maximum absolute atomic E-state index is 12.6. The molecular formula is C14H14F3N5O. The SMILES string of the molecule is Nc1nccnc1[C@@H]1CN(c2ccc(C(F)(F)F)cn2)CCO1. The highest BCUT2D eigenvalue weighted by Crippen LogP contribution is 2.30. The van der Waals surface area contributed by atoms with Crippen molar-refractivity contribution in [3.8, 4) is 0 Å². The topological polar surface area (TPSA) is 77.2 Å². The van der Waals surface area contributed by atoms with Crippen LogP contribution in [-0.2, 0) is 10.9 Å². The number of alkyl halides is 3. The molecule has 1 fully saturated rings. The standard InChI is InChI=1S/C14H14F3N5O/c15-14(16,17)9-1-2-11(21-7-9)22-5-6-23-10(8-22)12-13(18)20-4-3-19-12/h1-4,7,10H,5-6,8H2,(H2,18,20)/t10-/m0/s1. The molecule has 0 saturated carbocycles. The number of morpholine rings is 1. The zero-order valence-electron chi connectivity index (χ0n) is 12.0. The Balaban J connectivity index is 1.77. The zero-order chi connectivity index (χ0) is 16.4. The number of nitrogens with zero attached hydrogens (tertiary/aromatic N) is 4. The molecule has 0 radical (unpaired) electrons. The van der Waals surface area contributed by atoms with Gasteiger partial charge in [-0.25, -0.2) is 9.97 Å². The Morgan fingerprint density at radius 1 is 1.17 bits per heavy atom. The number of rotatable bonds is 2. The van der Waals surface area contributed by atoms with Crippen molar-refractivity contribution < 1.29 is 17.9 Å². The van der Waals surface area contributed by atoms with E-state index >= 15 is 0 Å². The van der Waals surface area contributed by atoms with Crippen LogP contribution in [0.15, 0.2) is 30.7 Å². The molecule has 0 aliphatic carbocycles. The van der Waals surface area contributed by atoms with Crippen LogP contribution in [0, 0.1) is 0 Å². The summed E-state index contributed by atoms with van der Waals surface area (Å²) in [4.78, 5) is 13.9. The maximum atomic E-state index is 12.6. The van der Waals surface area contributed by atoms with Gasteiger partial charge in [0.15, 0.2) is 0 Å². The van der Waals surface area contributed by atoms with E-state index in [1.54, 1.807) is 0 Å². The Hall–Kier alpha value is -2.42. The zero-order valence-corrected chi connectivity index (χ0v) is 12.0. The Bertz CT molecular complexity index is 677. The third-order valence-corrected chi connectivity index (χ3v) is 3.53. The number of halogens is 3. The Labute approximate surface area is 130 Å². The van der Waals surface area contributed by atoms with E-state index in [1.807, 2.05) is 4.90 Å². The van der Waals surface area contributed by atoms with Gasteiger partial charge in [-0.05, 0) is 12.1 Å². The van der Waals surface area contributed by atoms with Gasteiger partial charge in [0, 0.05) is 25.1 Å². The fraction of sp³-hybridized carbons (Fsp3) is 0.357. The molecular weight excluding hydrogens is 311 g/mol. The molecule has 1 atom stereocenters. The molecule has 122 valence electrons. The number of hydrogen-bond acceptors (Lipinski definition) is 6. The first kappa shape index (κ1) is 15.5. The summed E-state index contributed by atoms with van der Waals surface area (Å²) in [5, 5.41) is 0. The quantitative estimate of drug-likeness (QED) is 0.910. The van der Waals surface area contributed by atoms with E-state index in [9.17, 15) is 13.2 Å². The van der Waals surface area contributed by atoms with Crippen molar-refractivity contribution in [1.82, 2.24) is 15.0 Å². The van der Waals surface area contributed by atoms with Crippen LogP contribution in [0.3, 0.4) is 0 Å². The molecule has 0 bridgehead atoms. The van der Waals surface area contributed by atoms with Crippen molar-refractivity contribution >= 4 is 11.6 Å². The summed E-state index contributed by atoms with van der Waals surface area (Å²) in [6, 6.07) is 2.37. The lowest BCUT2D eigenvalue weighted by molar-refractivity contribution is -0.137. The van der Waals surface area contributed by atoms with Gasteiger partial charge >= 0.3 is 6.18 Å². The molecule has 23 heavy (non-hydrogen) atoms. The van der Waals surface area contributed by atoms with Crippen molar-refractivity contribution in [3.63, 3.8) is 0 Å². The average molecular weight is 325 g/mol. The number of nitrogens with two attached hydrogens (primary N) is 1. The minimum absolute atomic E-state index is 0.278. The summed E-state index contributed by atoms with van der Waals surface area (Å²) in [6.07, 6.45) is -0.966. The molecule has 2 aromatic heterocycles. The van der Waals surface area contributed by atoms with Gasteiger partial charge in [-0.15, -0.1) is 0 Å². The lowest BCUT2D eigenvalue weighted by Crippen LogP contribution is -2.39. The van der Waals surface area contributed by atoms with Gasteiger partial charge in [-0.3, -0.25) is 4.98 Å². The summed E-state index contributed by atoms with van der Waals surface area (Å²) in [5.41, 5.74) is 5.53. The first-order valence-corrected chi connectivity index (χ1v) is 6.91. The van der Waals surface area contributed by atoms with E-state index in [0.29, 0.717) is 31.2 Å². The third kappa shape index (κ3) is 3.34. The second-order valence-electron chi connectivity index (χ2n) is 5.04. The van der Waals surface area contributed by atoms with Crippen molar-refractivity contribution in [2.24, 2.45) is 0 Å². The normalized spacial score (nSPS) is 18.9. The summed E-state index contributed by atoms with van der Waals surface area (Å²) < 4.78 is 43.4. The molecule has 2 N–H and O–H groups in total. The van der Waals surface area contributed by atoms with Crippen molar-refractivity contribution in [2.75, 3.05) is 30.3 Å². The van der Waals surface area contributed by atoms with Gasteiger partial charge in [-0.2, -0.15) is 13.2 Å². The van der Waals surface area contributed by atoms with Crippen molar-refractivity contribution in [3.05, 3.63) is 42.0 Å². The van der Waals surface area contributed by atoms with Crippen LogP contribution in [-0.4, -0.2) is 34.6 Å². The summed E-state index contributed by atoms with van der Waals surface area (Å²) in [6.45, 7) is 1.31. The fourth-order valence-electron chi connectivity index (χ4n) is 2.37. The van der Waals surface area contributed by atoms with Gasteiger partial charge in [0.05, 0.1) is 18.7 Å². The lowest BCUT2D eigenvalue weighted by Gasteiger charge is -2.33. The van der Waals surface area contributed by atoms with E-state index in [1.165, 1.54) is 18.5 Å². The average Bonchev–Trinajstić information content (AvgIpc) is 2.55. The van der Waals surface area contributed by atoms with Crippen LogP contribution in [0.5, 0.6) is 0 Å². The molecule has 0 spiro atoms. The van der Waals surface area contributed by atoms with Crippen LogP contribution < -0.4 is 10.6 Å². The van der Waals surface area contributed by atoms with Crippen LogP contribution in [0.4, 0.5) is 24.8 Å². The Morgan fingerprint density at radius 2 is 1.96 bits per heavy atom. The second kappa shape index (κ2) is 5.99. The molecule has 9 heteroatoms. The molecule has 1 aliphatic heterocycles. The van der Waals surface area contributed by atoms with E-state index in [-0.39, 0.29) is 5.82 Å². The minimum Gasteiger partial charge on any atom is -0.382 e. The van der Waals surface area contributed by atoms with Gasteiger partial charge in [0.25, 0.3) is 0 Å². The van der Waals surface area contributed by atoms with Crippen LogP contribution in [0.25, 0.3) is 0 Å². The molecule has 1 saturated heterocycles. The molecule has 3 heterocycles. The number of pyridine rings is 1. The highest BCUT2D eigenvalue weighted by Gasteiger charge is 2.31. The van der Waals surface area contributed by atoms with E-state index < -0.39 is 17.8 Å². The number of ether oxygens (including phenoxy) is 1. The number of nitrogen functional groups attached to an aromatic ring is 1. The van der Waals surface area contributed by atoms with Crippen LogP contribution >= 0.6 is 0 Å². The minimum atomic E-state index is -4.40. The Kier molecular flexibility index (Phi) is 4.03. The molecule has 6 nitrogen and oxygen atoms in total. The number of anilines is 2. The molecule has 3 rings (SSSR count). The van der Waals surface area contributed by atoms with Gasteiger partial charge in [0.2, 0.25) is 0 Å². The second-order valence-corrected chi connectivity index (χ2v) is 5.04. The summed E-state index contributed by atoms with van der Waals surface area (Å²) in [7, 11) is 0. The van der Waals surface area contributed by atoms with Crippen LogP contribution in [0.2, 0.25) is 0 Å². The van der Waals surface area contributed by atoms with Gasteiger partial charge in [-0.1, -0.05) is 0 Å². The summed E-state index contributed by atoms with van der Waals surface area (Å²) in [5.74, 6) is 0.730. The Morgan fingerprint density at radius 3 is 2.61 bits per heavy atom. The van der Waals surface area contributed by atoms with Crippen molar-refractivity contribution in [2.45, 2.75) is 12.3 Å². The highest BCUT2D eigenvalue weighted by atomic mass is 19.4. The molecule has 1 aliphatic rings. The maximum Gasteiger partial charge on any atom is 0.417 e. The summed E-state index contributed by atoms with van der Waals surface area (Å²) >= 11 is 0. The first-order chi connectivity index (χ1) is 10.9. The largest absolute Gasteiger partial charge is 0.417 e. The molecule has 0 unspecified atom stereocenters. The highest BCUT2D eigenvalue weighted by molar-refractivity contribution is 5.42. The third-order valence-electron chi connectivity index (χ3n) is 3.53. The predicted molar refractivity (Wildman–Crippen MR) is 76.6 cm³/mol. The molecule has 2 aromatic rings. The predicted octanol–water partition coefficient (Wildman–Crippen LogP) is 2.05. The van der Waals surface area contributed by atoms with E-state index in [4.69, 9.17) is 10.5 Å². The lowest BCUT2D eigenvalue weighted by atomic mass is 10.2. The molecule has 0 aromatic carbocycles. The first-order valence-electron chi connectivity index (χ1n) is 6.91. The van der Waals surface area contributed by atoms with Gasteiger partial charge in [0.1, 0.15) is 23.4 Å². The number of hydrogen-bond donors (Lipinski definition) is 1. The van der Waals surface area contributed by atoms with Crippen molar-refractivity contribution in [1.29, 1.82) is 0 Å². The smallest absolute Gasteiger partial charge is 0.382 e. The van der Waals surface area contributed by atoms with E-state index in [0.717, 1.165) is 12.3 Å². The van der Waals surface area contributed by atoms with E-state index in [2.05, 4.69) is 15.0 Å². The monoisotopic (exact) mass is 325 g/mol. The molecule has 0 amide bonds. The fourth-order valence-corrected chi connectivity index (χ4v) is 2.37. The van der Waals surface area contributed by atoms with Gasteiger partial charge < -0.3 is 15.4 Å².